The Morgan fingerprint density at radius 2 is 1.71 bits per heavy atom. The molecule has 0 bridgehead atoms. The van der Waals surface area contributed by atoms with E-state index in [0.717, 1.165) is 5.69 Å². The Kier molecular flexibility index (Phi) is 4.97. The van der Waals surface area contributed by atoms with E-state index in [0.29, 0.717) is 17.8 Å². The summed E-state index contributed by atoms with van der Waals surface area (Å²) in [5.74, 6) is 1.32. The predicted molar refractivity (Wildman–Crippen MR) is 98.7 cm³/mol. The SMILES string of the molecule is CC(C)(C)c1ccc(Nc2cnnc(NC3CCCCC3)n2)cc1. The topological polar surface area (TPSA) is 62.7 Å². The highest BCUT2D eigenvalue weighted by atomic mass is 15.3. The molecule has 5 nitrogen and oxygen atoms in total. The average Bonchev–Trinajstić information content (AvgIpc) is 2.56. The first-order valence-corrected chi connectivity index (χ1v) is 8.84. The van der Waals surface area contributed by atoms with Crippen LogP contribution in [0.2, 0.25) is 0 Å². The van der Waals surface area contributed by atoms with Gasteiger partial charge in [-0.05, 0) is 36.0 Å². The van der Waals surface area contributed by atoms with E-state index in [9.17, 15) is 0 Å². The van der Waals surface area contributed by atoms with Crippen LogP contribution in [0.5, 0.6) is 0 Å². The van der Waals surface area contributed by atoms with Crippen LogP contribution in [0.4, 0.5) is 17.5 Å². The van der Waals surface area contributed by atoms with E-state index in [1.54, 1.807) is 6.20 Å². The molecule has 0 spiro atoms. The third-order valence-electron chi connectivity index (χ3n) is 4.52. The van der Waals surface area contributed by atoms with Crippen LogP contribution in [-0.4, -0.2) is 21.2 Å². The Bertz CT molecular complexity index is 654. The van der Waals surface area contributed by atoms with Crippen molar-refractivity contribution < 1.29 is 0 Å². The fourth-order valence-corrected chi connectivity index (χ4v) is 3.06. The molecule has 3 rings (SSSR count). The lowest BCUT2D eigenvalue weighted by atomic mass is 9.87. The van der Waals surface area contributed by atoms with Crippen LogP contribution in [0, 0.1) is 0 Å². The van der Waals surface area contributed by atoms with Crippen molar-refractivity contribution in [2.45, 2.75) is 64.3 Å². The first kappa shape index (κ1) is 16.7. The molecule has 0 saturated heterocycles. The molecule has 128 valence electrons. The van der Waals surface area contributed by atoms with Gasteiger partial charge in [0.2, 0.25) is 5.95 Å². The van der Waals surface area contributed by atoms with Crippen LogP contribution < -0.4 is 10.6 Å². The summed E-state index contributed by atoms with van der Waals surface area (Å²) in [6.45, 7) is 6.65. The highest BCUT2D eigenvalue weighted by Gasteiger charge is 2.15. The molecule has 0 unspecified atom stereocenters. The normalized spacial score (nSPS) is 16.0. The van der Waals surface area contributed by atoms with Gasteiger partial charge in [0, 0.05) is 11.7 Å². The van der Waals surface area contributed by atoms with Gasteiger partial charge in [0.25, 0.3) is 0 Å². The van der Waals surface area contributed by atoms with Crippen molar-refractivity contribution in [1.29, 1.82) is 0 Å². The Morgan fingerprint density at radius 3 is 2.38 bits per heavy atom. The second-order valence-corrected chi connectivity index (χ2v) is 7.60. The van der Waals surface area contributed by atoms with E-state index >= 15 is 0 Å². The van der Waals surface area contributed by atoms with Crippen molar-refractivity contribution >= 4 is 17.5 Å². The van der Waals surface area contributed by atoms with Gasteiger partial charge in [-0.15, -0.1) is 5.10 Å². The van der Waals surface area contributed by atoms with Gasteiger partial charge in [-0.3, -0.25) is 0 Å². The van der Waals surface area contributed by atoms with Gasteiger partial charge in [0.05, 0.1) is 6.20 Å². The standard InChI is InChI=1S/C19H27N5/c1-19(2,3)14-9-11-16(12-10-14)21-17-13-20-24-18(23-17)22-15-7-5-4-6-8-15/h9-13,15H,4-8H2,1-3H3,(H2,21,22,23,24). The maximum atomic E-state index is 4.54. The average molecular weight is 325 g/mol. The third-order valence-corrected chi connectivity index (χ3v) is 4.52. The molecule has 1 fully saturated rings. The van der Waals surface area contributed by atoms with Crippen LogP contribution in [0.15, 0.2) is 30.5 Å². The summed E-state index contributed by atoms with van der Waals surface area (Å²) in [5, 5.41) is 14.9. The summed E-state index contributed by atoms with van der Waals surface area (Å²) in [6, 6.07) is 8.94. The smallest absolute Gasteiger partial charge is 0.244 e. The van der Waals surface area contributed by atoms with Crippen molar-refractivity contribution in [2.24, 2.45) is 0 Å². The van der Waals surface area contributed by atoms with Crippen molar-refractivity contribution in [1.82, 2.24) is 15.2 Å². The van der Waals surface area contributed by atoms with E-state index in [2.05, 4.69) is 70.9 Å². The molecule has 1 saturated carbocycles. The molecule has 2 N–H and O–H groups in total. The first-order chi connectivity index (χ1) is 11.5. The number of hydrogen-bond acceptors (Lipinski definition) is 5. The van der Waals surface area contributed by atoms with E-state index < -0.39 is 0 Å². The lowest BCUT2D eigenvalue weighted by Gasteiger charge is -2.22. The summed E-state index contributed by atoms with van der Waals surface area (Å²) in [6.07, 6.45) is 7.93. The zero-order chi connectivity index (χ0) is 17.0. The molecule has 2 aromatic rings. The number of nitrogens with one attached hydrogen (secondary N) is 2. The molecule has 5 heteroatoms. The van der Waals surface area contributed by atoms with Gasteiger partial charge in [0.15, 0.2) is 5.82 Å². The van der Waals surface area contributed by atoms with Crippen LogP contribution in [0.3, 0.4) is 0 Å². The number of aromatic nitrogens is 3. The predicted octanol–water partition coefficient (Wildman–Crippen LogP) is 4.66. The van der Waals surface area contributed by atoms with E-state index in [4.69, 9.17) is 0 Å². The zero-order valence-electron chi connectivity index (χ0n) is 14.8. The Hall–Kier alpha value is -2.17. The molecule has 0 amide bonds. The van der Waals surface area contributed by atoms with Crippen molar-refractivity contribution in [2.75, 3.05) is 10.6 Å². The molecule has 1 aliphatic carbocycles. The fourth-order valence-electron chi connectivity index (χ4n) is 3.06. The molecule has 1 heterocycles. The second-order valence-electron chi connectivity index (χ2n) is 7.60. The summed E-state index contributed by atoms with van der Waals surface area (Å²) in [4.78, 5) is 4.54. The van der Waals surface area contributed by atoms with Gasteiger partial charge in [0.1, 0.15) is 0 Å². The first-order valence-electron chi connectivity index (χ1n) is 8.84. The molecule has 1 aromatic heterocycles. The Morgan fingerprint density at radius 1 is 1.00 bits per heavy atom. The quantitative estimate of drug-likeness (QED) is 0.856. The number of nitrogens with zero attached hydrogens (tertiary/aromatic N) is 3. The third kappa shape index (κ3) is 4.43. The van der Waals surface area contributed by atoms with Crippen molar-refractivity contribution in [3.63, 3.8) is 0 Å². The number of benzene rings is 1. The van der Waals surface area contributed by atoms with Gasteiger partial charge < -0.3 is 10.6 Å². The molecule has 1 aliphatic rings. The summed E-state index contributed by atoms with van der Waals surface area (Å²) < 4.78 is 0. The van der Waals surface area contributed by atoms with Crippen LogP contribution >= 0.6 is 0 Å². The van der Waals surface area contributed by atoms with E-state index in [1.165, 1.54) is 37.7 Å². The molecular formula is C19H27N5. The summed E-state index contributed by atoms with van der Waals surface area (Å²) in [7, 11) is 0. The highest BCUT2D eigenvalue weighted by Crippen LogP contribution is 2.25. The fraction of sp³-hybridized carbons (Fsp3) is 0.526. The lowest BCUT2D eigenvalue weighted by Crippen LogP contribution is -2.23. The van der Waals surface area contributed by atoms with Gasteiger partial charge in [-0.25, -0.2) is 0 Å². The Balaban J connectivity index is 1.65. The van der Waals surface area contributed by atoms with E-state index in [-0.39, 0.29) is 5.41 Å². The molecule has 0 atom stereocenters. The molecular weight excluding hydrogens is 298 g/mol. The van der Waals surface area contributed by atoms with Crippen LogP contribution in [0.25, 0.3) is 0 Å². The second kappa shape index (κ2) is 7.16. The molecule has 24 heavy (non-hydrogen) atoms. The Labute approximate surface area is 144 Å². The molecule has 1 aromatic carbocycles. The minimum atomic E-state index is 0.159. The number of anilines is 3. The van der Waals surface area contributed by atoms with Gasteiger partial charge in [-0.2, -0.15) is 10.1 Å². The summed E-state index contributed by atoms with van der Waals surface area (Å²) >= 11 is 0. The number of rotatable bonds is 4. The van der Waals surface area contributed by atoms with Crippen molar-refractivity contribution in [3.8, 4) is 0 Å². The van der Waals surface area contributed by atoms with Gasteiger partial charge >= 0.3 is 0 Å². The monoisotopic (exact) mass is 325 g/mol. The molecule has 0 aliphatic heterocycles. The minimum Gasteiger partial charge on any atom is -0.350 e. The van der Waals surface area contributed by atoms with Gasteiger partial charge in [-0.1, -0.05) is 52.2 Å². The van der Waals surface area contributed by atoms with Crippen LogP contribution in [0.1, 0.15) is 58.4 Å². The summed E-state index contributed by atoms with van der Waals surface area (Å²) in [5.41, 5.74) is 2.48. The molecule has 0 radical (unpaired) electrons. The zero-order valence-corrected chi connectivity index (χ0v) is 14.8. The van der Waals surface area contributed by atoms with Crippen LogP contribution in [-0.2, 0) is 5.41 Å². The minimum absolute atomic E-state index is 0.159. The number of hydrogen-bond donors (Lipinski definition) is 2. The largest absolute Gasteiger partial charge is 0.350 e. The highest BCUT2D eigenvalue weighted by molar-refractivity contribution is 5.56. The maximum absolute atomic E-state index is 4.54. The van der Waals surface area contributed by atoms with E-state index in [1.807, 2.05) is 0 Å². The lowest BCUT2D eigenvalue weighted by molar-refractivity contribution is 0.460. The van der Waals surface area contributed by atoms with Crippen molar-refractivity contribution in [3.05, 3.63) is 36.0 Å². The maximum Gasteiger partial charge on any atom is 0.244 e.